The van der Waals surface area contributed by atoms with Crippen LogP contribution >= 0.6 is 15.6 Å². The number of unbranched alkanes of at least 4 members (excludes halogenated alkanes) is 52. The van der Waals surface area contributed by atoms with Gasteiger partial charge in [0.05, 0.1) is 26.4 Å². The van der Waals surface area contributed by atoms with Crippen molar-refractivity contribution in [3.05, 3.63) is 0 Å². The van der Waals surface area contributed by atoms with Crippen molar-refractivity contribution < 1.29 is 80.2 Å². The molecule has 3 N–H and O–H groups in total. The molecule has 102 heavy (non-hydrogen) atoms. The van der Waals surface area contributed by atoms with Crippen LogP contribution in [0.3, 0.4) is 0 Å². The zero-order valence-corrected chi connectivity index (χ0v) is 68.7. The maximum Gasteiger partial charge on any atom is 0.472 e. The summed E-state index contributed by atoms with van der Waals surface area (Å²) in [5.74, 6) is -0.629. The van der Waals surface area contributed by atoms with Crippen LogP contribution in [0.25, 0.3) is 0 Å². The molecule has 0 saturated carbocycles. The summed E-state index contributed by atoms with van der Waals surface area (Å²) < 4.78 is 68.8. The molecular weight excluding hydrogens is 1330 g/mol. The van der Waals surface area contributed by atoms with Gasteiger partial charge < -0.3 is 33.8 Å². The Kier molecular flexibility index (Phi) is 73.1. The van der Waals surface area contributed by atoms with Gasteiger partial charge in [0.2, 0.25) is 0 Å². The molecule has 0 saturated heterocycles. The molecule has 0 aliphatic carbocycles. The Morgan fingerprint density at radius 2 is 0.451 bits per heavy atom. The minimum atomic E-state index is -4.96. The van der Waals surface area contributed by atoms with E-state index in [1.807, 2.05) is 0 Å². The molecule has 0 radical (unpaired) electrons. The van der Waals surface area contributed by atoms with Gasteiger partial charge in [0.25, 0.3) is 0 Å². The summed E-state index contributed by atoms with van der Waals surface area (Å²) in [6.45, 7) is 9.60. The summed E-state index contributed by atoms with van der Waals surface area (Å²) in [5.41, 5.74) is 0. The molecule has 0 aromatic rings. The van der Waals surface area contributed by atoms with Crippen molar-refractivity contribution >= 4 is 39.5 Å². The monoisotopic (exact) mass is 1490 g/mol. The Morgan fingerprint density at radius 1 is 0.265 bits per heavy atom. The third-order valence-corrected chi connectivity index (χ3v) is 21.4. The molecule has 606 valence electrons. The van der Waals surface area contributed by atoms with Gasteiger partial charge in [0, 0.05) is 25.7 Å². The third-order valence-electron chi connectivity index (χ3n) is 19.5. The van der Waals surface area contributed by atoms with Crippen LogP contribution in [0.1, 0.15) is 440 Å². The fourth-order valence-electron chi connectivity index (χ4n) is 12.9. The predicted molar refractivity (Wildman–Crippen MR) is 418 cm³/mol. The second-order valence-electron chi connectivity index (χ2n) is 30.8. The summed E-state index contributed by atoms with van der Waals surface area (Å²) in [5, 5.41) is 10.7. The Bertz CT molecular complexity index is 1960. The standard InChI is InChI=1S/C83H162O17P2/c1-7-9-11-13-15-17-19-21-23-25-27-29-31-33-35-40-47-53-59-65-80(85)93-71-78(99-82(87)67-61-55-49-41-36-34-32-30-28-26-24-22-20-18-16-14-12-10-8-2)73-97-101(89,90)95-69-77(84)70-96-102(91,92)98-74-79(72-94-81(86)66-60-54-48-44-43-46-52-58-64-76(5)6)100-83(88)68-62-56-50-42-38-37-39-45-51-57-63-75(3)4/h75-79,84H,7-74H2,1-6H3,(H,89,90)(H,91,92)/t77-,78-,79-/m1/s1. The number of aliphatic hydroxyl groups excluding tert-OH is 1. The first-order valence-corrected chi connectivity index (χ1v) is 46.0. The van der Waals surface area contributed by atoms with Gasteiger partial charge in [-0.15, -0.1) is 0 Å². The first-order valence-electron chi connectivity index (χ1n) is 43.0. The van der Waals surface area contributed by atoms with Gasteiger partial charge in [-0.2, -0.15) is 0 Å². The zero-order valence-electron chi connectivity index (χ0n) is 66.9. The van der Waals surface area contributed by atoms with Gasteiger partial charge in [0.15, 0.2) is 12.2 Å². The van der Waals surface area contributed by atoms with E-state index in [0.717, 1.165) is 102 Å². The molecule has 0 fully saturated rings. The SMILES string of the molecule is CCCCCCCCCCCCCCCCCCCCCC(=O)OC[C@H](COP(=O)(O)OC[C@@H](O)COP(=O)(O)OC[C@@H](COC(=O)CCCCCCCCCCC(C)C)OC(=O)CCCCCCCCCCCCC(C)C)OC(=O)CCCCCCCCCCCCCCCCCCCCC. The molecule has 0 spiro atoms. The van der Waals surface area contributed by atoms with E-state index in [4.69, 9.17) is 37.0 Å². The highest BCUT2D eigenvalue weighted by Crippen LogP contribution is 2.45. The first-order chi connectivity index (χ1) is 49.4. The van der Waals surface area contributed by atoms with Crippen molar-refractivity contribution in [3.63, 3.8) is 0 Å². The third kappa shape index (κ3) is 76.3. The maximum absolute atomic E-state index is 13.1. The highest BCUT2D eigenvalue weighted by Gasteiger charge is 2.30. The molecule has 17 nitrogen and oxygen atoms in total. The van der Waals surface area contributed by atoms with Crippen LogP contribution in [0.15, 0.2) is 0 Å². The van der Waals surface area contributed by atoms with Gasteiger partial charge >= 0.3 is 39.5 Å². The largest absolute Gasteiger partial charge is 0.472 e. The van der Waals surface area contributed by atoms with Gasteiger partial charge in [0.1, 0.15) is 19.3 Å². The van der Waals surface area contributed by atoms with Gasteiger partial charge in [-0.05, 0) is 37.5 Å². The second-order valence-corrected chi connectivity index (χ2v) is 33.7. The number of esters is 4. The molecule has 0 aromatic heterocycles. The number of phosphoric ester groups is 2. The Hall–Kier alpha value is -1.94. The van der Waals surface area contributed by atoms with E-state index in [9.17, 15) is 43.2 Å². The average molecular weight is 1490 g/mol. The fraction of sp³-hybridized carbons (Fsp3) is 0.952. The summed E-state index contributed by atoms with van der Waals surface area (Å²) >= 11 is 0. The van der Waals surface area contributed by atoms with Crippen LogP contribution in [0, 0.1) is 11.8 Å². The Balaban J connectivity index is 5.23. The lowest BCUT2D eigenvalue weighted by Crippen LogP contribution is -2.30. The topological polar surface area (TPSA) is 237 Å². The Labute approximate surface area is 626 Å². The molecule has 0 aliphatic rings. The summed E-state index contributed by atoms with van der Waals surface area (Å²) in [4.78, 5) is 73.1. The van der Waals surface area contributed by atoms with Crippen molar-refractivity contribution in [2.75, 3.05) is 39.6 Å². The van der Waals surface area contributed by atoms with Crippen LogP contribution in [0.2, 0.25) is 0 Å². The molecule has 0 rings (SSSR count). The number of aliphatic hydroxyl groups is 1. The van der Waals surface area contributed by atoms with Gasteiger partial charge in [-0.3, -0.25) is 37.3 Å². The zero-order chi connectivity index (χ0) is 74.9. The van der Waals surface area contributed by atoms with E-state index in [1.54, 1.807) is 0 Å². The van der Waals surface area contributed by atoms with Crippen LogP contribution in [0.5, 0.6) is 0 Å². The molecule has 0 aromatic carbocycles. The minimum Gasteiger partial charge on any atom is -0.462 e. The summed E-state index contributed by atoms with van der Waals surface area (Å²) in [7, 11) is -9.92. The Morgan fingerprint density at radius 3 is 0.667 bits per heavy atom. The van der Waals surface area contributed by atoms with Crippen LogP contribution in [0.4, 0.5) is 0 Å². The van der Waals surface area contributed by atoms with E-state index in [2.05, 4.69) is 41.5 Å². The number of carbonyl (C=O) groups excluding carboxylic acids is 4. The van der Waals surface area contributed by atoms with Crippen LogP contribution in [-0.4, -0.2) is 96.7 Å². The number of phosphoric acid groups is 2. The van der Waals surface area contributed by atoms with Crippen molar-refractivity contribution in [2.45, 2.75) is 458 Å². The van der Waals surface area contributed by atoms with Gasteiger partial charge in [-0.1, -0.05) is 388 Å². The van der Waals surface area contributed by atoms with Crippen molar-refractivity contribution in [2.24, 2.45) is 11.8 Å². The lowest BCUT2D eigenvalue weighted by atomic mass is 10.0. The predicted octanol–water partition coefficient (Wildman–Crippen LogP) is 25.1. The number of ether oxygens (including phenoxy) is 4. The number of carbonyl (C=O) groups is 4. The van der Waals surface area contributed by atoms with E-state index in [-0.39, 0.29) is 25.7 Å². The summed E-state index contributed by atoms with van der Waals surface area (Å²) in [6, 6.07) is 0. The van der Waals surface area contributed by atoms with Crippen molar-refractivity contribution in [3.8, 4) is 0 Å². The van der Waals surface area contributed by atoms with Crippen LogP contribution in [-0.2, 0) is 65.4 Å². The van der Waals surface area contributed by atoms with Crippen LogP contribution < -0.4 is 0 Å². The molecule has 2 unspecified atom stereocenters. The normalized spacial score (nSPS) is 13.9. The van der Waals surface area contributed by atoms with E-state index in [0.29, 0.717) is 25.7 Å². The fourth-order valence-corrected chi connectivity index (χ4v) is 14.5. The highest BCUT2D eigenvalue weighted by molar-refractivity contribution is 7.47. The second kappa shape index (κ2) is 74.5. The molecule has 0 aliphatic heterocycles. The quantitative estimate of drug-likeness (QED) is 0.0222. The smallest absolute Gasteiger partial charge is 0.462 e. The van der Waals surface area contributed by atoms with E-state index >= 15 is 0 Å². The van der Waals surface area contributed by atoms with Crippen molar-refractivity contribution in [1.29, 1.82) is 0 Å². The average Bonchev–Trinajstić information content (AvgIpc) is 0.939. The summed E-state index contributed by atoms with van der Waals surface area (Å²) in [6.07, 6.45) is 65.4. The molecule has 0 heterocycles. The minimum absolute atomic E-state index is 0.106. The number of hydrogen-bond donors (Lipinski definition) is 3. The van der Waals surface area contributed by atoms with Crippen molar-refractivity contribution in [1.82, 2.24) is 0 Å². The highest BCUT2D eigenvalue weighted by atomic mass is 31.2. The lowest BCUT2D eigenvalue weighted by Gasteiger charge is -2.21. The van der Waals surface area contributed by atoms with E-state index < -0.39 is 97.5 Å². The molecule has 0 amide bonds. The lowest BCUT2D eigenvalue weighted by molar-refractivity contribution is -0.161. The molecule has 0 bridgehead atoms. The number of hydrogen-bond acceptors (Lipinski definition) is 15. The molecular formula is C83H162O17P2. The first kappa shape index (κ1) is 100. The van der Waals surface area contributed by atoms with Gasteiger partial charge in [-0.25, -0.2) is 9.13 Å². The molecule has 19 heteroatoms. The molecule has 5 atom stereocenters. The van der Waals surface area contributed by atoms with E-state index in [1.165, 1.54) is 257 Å². The number of rotatable bonds is 82. The maximum atomic E-state index is 13.1.